The number of aromatic nitrogens is 1. The topological polar surface area (TPSA) is 48.7 Å². The van der Waals surface area contributed by atoms with Crippen LogP contribution < -0.4 is 5.32 Å². The highest BCUT2D eigenvalue weighted by molar-refractivity contribution is 7.07. The molecule has 0 saturated heterocycles. The normalized spacial score (nSPS) is 9.53. The van der Waals surface area contributed by atoms with Crippen molar-refractivity contribution in [3.63, 3.8) is 0 Å². The molecule has 0 aromatic carbocycles. The summed E-state index contributed by atoms with van der Waals surface area (Å²) in [4.78, 5) is 4.12. The molecule has 0 radical (unpaired) electrons. The van der Waals surface area contributed by atoms with Crippen LogP contribution in [0.25, 0.3) is 0 Å². The number of anilines is 1. The molecule has 0 aliphatic carbocycles. The summed E-state index contributed by atoms with van der Waals surface area (Å²) in [7, 11) is 0. The fraction of sp³-hybridized carbons (Fsp3) is 0.0909. The van der Waals surface area contributed by atoms with Crippen LogP contribution in [0.1, 0.15) is 11.3 Å². The van der Waals surface area contributed by atoms with Crippen LogP contribution in [0.2, 0.25) is 0 Å². The monoisotopic (exact) mass is 215 g/mol. The number of rotatable bonds is 3. The average Bonchev–Trinajstić information content (AvgIpc) is 2.79. The highest BCUT2D eigenvalue weighted by Gasteiger charge is 1.96. The Labute approximate surface area is 92.0 Å². The Bertz CT molecular complexity index is 471. The van der Waals surface area contributed by atoms with Crippen molar-refractivity contribution in [2.45, 2.75) is 6.54 Å². The molecular formula is C11H9N3S. The number of nitrogens with one attached hydrogen (secondary N) is 1. The van der Waals surface area contributed by atoms with Crippen molar-refractivity contribution in [1.29, 1.82) is 5.26 Å². The van der Waals surface area contributed by atoms with Gasteiger partial charge in [-0.15, -0.1) is 0 Å². The molecule has 2 rings (SSSR count). The highest BCUT2D eigenvalue weighted by Crippen LogP contribution is 2.09. The first-order chi connectivity index (χ1) is 7.38. The van der Waals surface area contributed by atoms with Crippen molar-refractivity contribution in [2.75, 3.05) is 5.32 Å². The summed E-state index contributed by atoms with van der Waals surface area (Å²) in [5.41, 5.74) is 1.66. The SMILES string of the molecule is N#Cc1cccc(NCc2ccsc2)n1. The van der Waals surface area contributed by atoms with Gasteiger partial charge in [0.1, 0.15) is 17.6 Å². The number of hydrogen-bond acceptors (Lipinski definition) is 4. The largest absolute Gasteiger partial charge is 0.366 e. The third-order valence-electron chi connectivity index (χ3n) is 1.92. The molecule has 0 fully saturated rings. The Balaban J connectivity index is 2.02. The molecule has 0 spiro atoms. The molecule has 3 nitrogen and oxygen atoms in total. The maximum atomic E-state index is 8.68. The van der Waals surface area contributed by atoms with Crippen molar-refractivity contribution in [3.8, 4) is 6.07 Å². The van der Waals surface area contributed by atoms with Gasteiger partial charge in [-0.1, -0.05) is 6.07 Å². The molecule has 15 heavy (non-hydrogen) atoms. The lowest BCUT2D eigenvalue weighted by Crippen LogP contribution is -2.00. The van der Waals surface area contributed by atoms with Gasteiger partial charge in [-0.3, -0.25) is 0 Å². The zero-order valence-electron chi connectivity index (χ0n) is 7.97. The van der Waals surface area contributed by atoms with E-state index in [2.05, 4.69) is 21.7 Å². The number of hydrogen-bond donors (Lipinski definition) is 1. The van der Waals surface area contributed by atoms with Gasteiger partial charge in [0.25, 0.3) is 0 Å². The van der Waals surface area contributed by atoms with Crippen molar-refractivity contribution in [2.24, 2.45) is 0 Å². The van der Waals surface area contributed by atoms with E-state index in [1.54, 1.807) is 17.4 Å². The summed E-state index contributed by atoms with van der Waals surface area (Å²) in [5.74, 6) is 0.736. The van der Waals surface area contributed by atoms with Crippen molar-refractivity contribution >= 4 is 17.2 Å². The van der Waals surface area contributed by atoms with Crippen LogP contribution in [-0.4, -0.2) is 4.98 Å². The first-order valence-corrected chi connectivity index (χ1v) is 5.45. The van der Waals surface area contributed by atoms with Crippen LogP contribution in [-0.2, 0) is 6.54 Å². The van der Waals surface area contributed by atoms with E-state index in [9.17, 15) is 0 Å². The van der Waals surface area contributed by atoms with E-state index >= 15 is 0 Å². The summed E-state index contributed by atoms with van der Waals surface area (Å²) in [5, 5.41) is 16.0. The third kappa shape index (κ3) is 2.55. The van der Waals surface area contributed by atoms with Crippen LogP contribution >= 0.6 is 11.3 Å². The van der Waals surface area contributed by atoms with Gasteiger partial charge in [-0.25, -0.2) is 4.98 Å². The molecule has 1 N–H and O–H groups in total. The van der Waals surface area contributed by atoms with E-state index in [1.165, 1.54) is 5.56 Å². The first-order valence-electron chi connectivity index (χ1n) is 4.50. The van der Waals surface area contributed by atoms with Gasteiger partial charge in [0, 0.05) is 6.54 Å². The first kappa shape index (κ1) is 9.69. The van der Waals surface area contributed by atoms with E-state index in [4.69, 9.17) is 5.26 Å². The molecule has 2 aromatic rings. The Hall–Kier alpha value is -1.86. The molecule has 2 aromatic heterocycles. The molecule has 0 atom stereocenters. The second-order valence-corrected chi connectivity index (χ2v) is 3.79. The average molecular weight is 215 g/mol. The summed E-state index contributed by atoms with van der Waals surface area (Å²) >= 11 is 1.67. The van der Waals surface area contributed by atoms with E-state index in [-0.39, 0.29) is 0 Å². The van der Waals surface area contributed by atoms with Gasteiger partial charge in [0.05, 0.1) is 0 Å². The Morgan fingerprint density at radius 3 is 3.07 bits per heavy atom. The standard InChI is InChI=1S/C11H9N3S/c12-6-10-2-1-3-11(14-10)13-7-9-4-5-15-8-9/h1-5,8H,7H2,(H,13,14). The predicted octanol–water partition coefficient (Wildman–Crippen LogP) is 2.63. The summed E-state index contributed by atoms with van der Waals surface area (Å²) in [6.07, 6.45) is 0. The lowest BCUT2D eigenvalue weighted by Gasteiger charge is -2.03. The molecule has 0 unspecified atom stereocenters. The zero-order chi connectivity index (χ0) is 10.5. The van der Waals surface area contributed by atoms with Crippen LogP contribution in [0.3, 0.4) is 0 Å². The summed E-state index contributed by atoms with van der Waals surface area (Å²) in [6, 6.07) is 9.44. The third-order valence-corrected chi connectivity index (χ3v) is 2.65. The molecule has 74 valence electrons. The van der Waals surface area contributed by atoms with Crippen molar-refractivity contribution < 1.29 is 0 Å². The van der Waals surface area contributed by atoms with Gasteiger partial charge in [-0.2, -0.15) is 16.6 Å². The van der Waals surface area contributed by atoms with Gasteiger partial charge >= 0.3 is 0 Å². The Morgan fingerprint density at radius 2 is 2.33 bits per heavy atom. The van der Waals surface area contributed by atoms with Crippen LogP contribution in [0.4, 0.5) is 5.82 Å². The maximum Gasteiger partial charge on any atom is 0.142 e. The minimum absolute atomic E-state index is 0.435. The lowest BCUT2D eigenvalue weighted by molar-refractivity contribution is 1.11. The Kier molecular flexibility index (Phi) is 2.96. The molecule has 0 saturated carbocycles. The number of nitrogens with zero attached hydrogens (tertiary/aromatic N) is 2. The van der Waals surface area contributed by atoms with Gasteiger partial charge in [-0.05, 0) is 34.5 Å². The molecule has 0 bridgehead atoms. The highest BCUT2D eigenvalue weighted by atomic mass is 32.1. The van der Waals surface area contributed by atoms with Crippen LogP contribution in [0.15, 0.2) is 35.0 Å². The summed E-state index contributed by atoms with van der Waals surface area (Å²) in [6.45, 7) is 0.741. The van der Waals surface area contributed by atoms with Gasteiger partial charge in [0.2, 0.25) is 0 Å². The lowest BCUT2D eigenvalue weighted by atomic mass is 10.3. The van der Waals surface area contributed by atoms with Gasteiger partial charge in [0.15, 0.2) is 0 Å². The number of thiophene rings is 1. The van der Waals surface area contributed by atoms with Crippen molar-refractivity contribution in [3.05, 3.63) is 46.3 Å². The fourth-order valence-corrected chi connectivity index (χ4v) is 1.85. The van der Waals surface area contributed by atoms with Crippen LogP contribution in [0, 0.1) is 11.3 Å². The minimum atomic E-state index is 0.435. The van der Waals surface area contributed by atoms with E-state index in [0.717, 1.165) is 12.4 Å². The minimum Gasteiger partial charge on any atom is -0.366 e. The second kappa shape index (κ2) is 4.58. The fourth-order valence-electron chi connectivity index (χ4n) is 1.18. The van der Waals surface area contributed by atoms with Gasteiger partial charge < -0.3 is 5.32 Å². The molecule has 0 amide bonds. The molecule has 2 heterocycles. The van der Waals surface area contributed by atoms with E-state index in [0.29, 0.717) is 5.69 Å². The van der Waals surface area contributed by atoms with Crippen molar-refractivity contribution in [1.82, 2.24) is 4.98 Å². The summed E-state index contributed by atoms with van der Waals surface area (Å²) < 4.78 is 0. The quantitative estimate of drug-likeness (QED) is 0.856. The van der Waals surface area contributed by atoms with Crippen LogP contribution in [0.5, 0.6) is 0 Å². The van der Waals surface area contributed by atoms with E-state index < -0.39 is 0 Å². The maximum absolute atomic E-state index is 8.68. The molecule has 4 heteroatoms. The molecular weight excluding hydrogens is 206 g/mol. The van der Waals surface area contributed by atoms with E-state index in [1.807, 2.05) is 23.6 Å². The second-order valence-electron chi connectivity index (χ2n) is 3.01. The predicted molar refractivity (Wildman–Crippen MR) is 60.6 cm³/mol. The zero-order valence-corrected chi connectivity index (χ0v) is 8.79. The molecule has 0 aliphatic rings. The Morgan fingerprint density at radius 1 is 1.40 bits per heavy atom. The number of pyridine rings is 1. The number of nitriles is 1. The smallest absolute Gasteiger partial charge is 0.142 e. The molecule has 0 aliphatic heterocycles.